The number of carbonyl (C=O) groups excluding carboxylic acids is 1. The van der Waals surface area contributed by atoms with Gasteiger partial charge in [0.15, 0.2) is 0 Å². The third-order valence-electron chi connectivity index (χ3n) is 3.44. The van der Waals surface area contributed by atoms with Gasteiger partial charge in [0.2, 0.25) is 0 Å². The summed E-state index contributed by atoms with van der Waals surface area (Å²) in [6.07, 6.45) is 5.26. The van der Waals surface area contributed by atoms with E-state index in [-0.39, 0.29) is 12.1 Å². The Labute approximate surface area is 93.4 Å². The lowest BCUT2D eigenvalue weighted by Crippen LogP contribution is -2.31. The second kappa shape index (κ2) is 5.00. The smallest absolute Gasteiger partial charge is 0.305 e. The maximum Gasteiger partial charge on any atom is 0.305 e. The number of esters is 1. The van der Waals surface area contributed by atoms with Crippen LogP contribution in [0.3, 0.4) is 0 Å². The molecule has 0 unspecified atom stereocenters. The second-order valence-corrected chi connectivity index (χ2v) is 5.69. The van der Waals surface area contributed by atoms with Gasteiger partial charge in [-0.25, -0.2) is 0 Å². The number of hydrogen-bond acceptors (Lipinski definition) is 2. The Morgan fingerprint density at radius 2 is 2.00 bits per heavy atom. The predicted molar refractivity (Wildman–Crippen MR) is 61.6 cm³/mol. The van der Waals surface area contributed by atoms with Crippen molar-refractivity contribution in [3.63, 3.8) is 0 Å². The van der Waals surface area contributed by atoms with Crippen LogP contribution in [0.2, 0.25) is 0 Å². The minimum atomic E-state index is -0.0467. The molecule has 1 aliphatic rings. The molecule has 0 aliphatic heterocycles. The van der Waals surface area contributed by atoms with E-state index in [4.69, 9.17) is 4.74 Å². The molecule has 88 valence electrons. The molecule has 0 aromatic rings. The van der Waals surface area contributed by atoms with Gasteiger partial charge in [-0.2, -0.15) is 0 Å². The summed E-state index contributed by atoms with van der Waals surface area (Å²) in [6.45, 7) is 8.69. The number of ether oxygens (including phenoxy) is 1. The molecule has 0 spiro atoms. The van der Waals surface area contributed by atoms with Crippen LogP contribution in [0.15, 0.2) is 0 Å². The van der Waals surface area contributed by atoms with Gasteiger partial charge < -0.3 is 4.74 Å². The minimum absolute atomic E-state index is 0.0467. The van der Waals surface area contributed by atoms with E-state index in [1.807, 2.05) is 6.92 Å². The van der Waals surface area contributed by atoms with Gasteiger partial charge in [-0.1, -0.05) is 27.7 Å². The number of rotatable bonds is 2. The summed E-state index contributed by atoms with van der Waals surface area (Å²) in [7, 11) is 0. The molecule has 0 amide bonds. The van der Waals surface area contributed by atoms with Crippen molar-refractivity contribution in [2.45, 2.75) is 65.9 Å². The lowest BCUT2D eigenvalue weighted by molar-refractivity contribution is -0.151. The summed E-state index contributed by atoms with van der Waals surface area (Å²) in [4.78, 5) is 11.2. The molecule has 1 aliphatic carbocycles. The van der Waals surface area contributed by atoms with E-state index in [2.05, 4.69) is 20.8 Å². The van der Waals surface area contributed by atoms with Crippen LogP contribution in [0.5, 0.6) is 0 Å². The normalized spacial score (nSPS) is 27.5. The Morgan fingerprint density at radius 1 is 1.33 bits per heavy atom. The van der Waals surface area contributed by atoms with Crippen LogP contribution in [0.4, 0.5) is 0 Å². The monoisotopic (exact) mass is 212 g/mol. The number of carbonyl (C=O) groups is 1. The summed E-state index contributed by atoms with van der Waals surface area (Å²) in [5, 5.41) is 0. The van der Waals surface area contributed by atoms with E-state index in [0.29, 0.717) is 17.8 Å². The van der Waals surface area contributed by atoms with E-state index in [1.165, 1.54) is 12.8 Å². The average molecular weight is 212 g/mol. The third-order valence-corrected chi connectivity index (χ3v) is 3.44. The molecular formula is C13H24O2. The zero-order valence-corrected chi connectivity index (χ0v) is 10.5. The molecule has 1 fully saturated rings. The molecule has 0 radical (unpaired) electrons. The molecule has 15 heavy (non-hydrogen) atoms. The molecule has 0 saturated heterocycles. The van der Waals surface area contributed by atoms with E-state index >= 15 is 0 Å². The topological polar surface area (TPSA) is 26.3 Å². The van der Waals surface area contributed by atoms with Crippen molar-refractivity contribution in [3.05, 3.63) is 0 Å². The van der Waals surface area contributed by atoms with Crippen LogP contribution in [0.1, 0.15) is 59.8 Å². The Hall–Kier alpha value is -0.530. The largest absolute Gasteiger partial charge is 0.462 e. The highest BCUT2D eigenvalue weighted by Gasteiger charge is 2.31. The van der Waals surface area contributed by atoms with Crippen LogP contribution in [-0.2, 0) is 9.53 Å². The Balaban J connectivity index is 2.46. The SMILES string of the molecule is CCC(=O)O[C@@H]1CCC[C@H](C(C)(C)C)C1. The van der Waals surface area contributed by atoms with Crippen molar-refractivity contribution in [2.75, 3.05) is 0 Å². The summed E-state index contributed by atoms with van der Waals surface area (Å²) >= 11 is 0. The van der Waals surface area contributed by atoms with Crippen molar-refractivity contribution in [3.8, 4) is 0 Å². The van der Waals surface area contributed by atoms with Gasteiger partial charge in [0.1, 0.15) is 6.10 Å². The first-order valence-electron chi connectivity index (χ1n) is 6.13. The van der Waals surface area contributed by atoms with Crippen molar-refractivity contribution in [2.24, 2.45) is 11.3 Å². The highest BCUT2D eigenvalue weighted by atomic mass is 16.5. The highest BCUT2D eigenvalue weighted by molar-refractivity contribution is 5.69. The highest BCUT2D eigenvalue weighted by Crippen LogP contribution is 2.38. The quantitative estimate of drug-likeness (QED) is 0.654. The van der Waals surface area contributed by atoms with Gasteiger partial charge in [0.25, 0.3) is 0 Å². The van der Waals surface area contributed by atoms with E-state index in [0.717, 1.165) is 12.8 Å². The lowest BCUT2D eigenvalue weighted by Gasteiger charge is -2.37. The molecule has 2 atom stereocenters. The van der Waals surface area contributed by atoms with Gasteiger partial charge in [-0.15, -0.1) is 0 Å². The van der Waals surface area contributed by atoms with Crippen LogP contribution in [-0.4, -0.2) is 12.1 Å². The molecule has 2 nitrogen and oxygen atoms in total. The van der Waals surface area contributed by atoms with Gasteiger partial charge in [-0.05, 0) is 37.0 Å². The zero-order valence-electron chi connectivity index (χ0n) is 10.5. The maximum absolute atomic E-state index is 11.2. The fourth-order valence-electron chi connectivity index (χ4n) is 2.31. The minimum Gasteiger partial charge on any atom is -0.462 e. The van der Waals surface area contributed by atoms with Crippen LogP contribution >= 0.6 is 0 Å². The molecule has 0 heterocycles. The standard InChI is InChI=1S/C13H24O2/c1-5-12(14)15-11-8-6-7-10(9-11)13(2,3)4/h10-11H,5-9H2,1-4H3/t10-,11+/m0/s1. The van der Waals surface area contributed by atoms with Gasteiger partial charge >= 0.3 is 5.97 Å². The first kappa shape index (κ1) is 12.5. The van der Waals surface area contributed by atoms with Gasteiger partial charge in [0, 0.05) is 6.42 Å². The van der Waals surface area contributed by atoms with E-state index in [9.17, 15) is 4.79 Å². The molecular weight excluding hydrogens is 188 g/mol. The second-order valence-electron chi connectivity index (χ2n) is 5.69. The number of hydrogen-bond donors (Lipinski definition) is 0. The van der Waals surface area contributed by atoms with Crippen molar-refractivity contribution in [1.82, 2.24) is 0 Å². The summed E-state index contributed by atoms with van der Waals surface area (Å²) in [5.74, 6) is 0.649. The summed E-state index contributed by atoms with van der Waals surface area (Å²) < 4.78 is 5.43. The summed E-state index contributed by atoms with van der Waals surface area (Å²) in [6, 6.07) is 0. The Morgan fingerprint density at radius 3 is 2.53 bits per heavy atom. The first-order valence-corrected chi connectivity index (χ1v) is 6.13. The molecule has 0 bridgehead atoms. The zero-order chi connectivity index (χ0) is 11.5. The fraction of sp³-hybridized carbons (Fsp3) is 0.923. The van der Waals surface area contributed by atoms with E-state index in [1.54, 1.807) is 0 Å². The van der Waals surface area contributed by atoms with Gasteiger partial charge in [-0.3, -0.25) is 4.79 Å². The summed E-state index contributed by atoms with van der Waals surface area (Å²) in [5.41, 5.74) is 0.345. The fourth-order valence-corrected chi connectivity index (χ4v) is 2.31. The maximum atomic E-state index is 11.2. The predicted octanol–water partition coefficient (Wildman–Crippen LogP) is 3.54. The van der Waals surface area contributed by atoms with Crippen molar-refractivity contribution < 1.29 is 9.53 Å². The average Bonchev–Trinajstić information content (AvgIpc) is 2.17. The third kappa shape index (κ3) is 3.84. The molecule has 0 N–H and O–H groups in total. The van der Waals surface area contributed by atoms with Crippen LogP contribution in [0.25, 0.3) is 0 Å². The molecule has 2 heteroatoms. The van der Waals surface area contributed by atoms with Gasteiger partial charge in [0.05, 0.1) is 0 Å². The van der Waals surface area contributed by atoms with E-state index < -0.39 is 0 Å². The molecule has 0 aromatic heterocycles. The Bertz CT molecular complexity index is 215. The lowest BCUT2D eigenvalue weighted by atomic mass is 9.71. The Kier molecular flexibility index (Phi) is 4.18. The molecule has 1 saturated carbocycles. The van der Waals surface area contributed by atoms with Crippen LogP contribution in [0, 0.1) is 11.3 Å². The molecule has 1 rings (SSSR count). The first-order chi connectivity index (χ1) is 6.93. The van der Waals surface area contributed by atoms with Crippen molar-refractivity contribution in [1.29, 1.82) is 0 Å². The van der Waals surface area contributed by atoms with Crippen molar-refractivity contribution >= 4 is 5.97 Å². The molecule has 0 aromatic carbocycles. The van der Waals surface area contributed by atoms with Crippen LogP contribution < -0.4 is 0 Å².